The predicted octanol–water partition coefficient (Wildman–Crippen LogP) is 3.56. The van der Waals surface area contributed by atoms with E-state index in [-0.39, 0.29) is 5.91 Å². The molecule has 162 valence electrons. The Morgan fingerprint density at radius 1 is 1.27 bits per heavy atom. The predicted molar refractivity (Wildman–Crippen MR) is 118 cm³/mol. The smallest absolute Gasteiger partial charge is 0.263 e. The van der Waals surface area contributed by atoms with E-state index in [4.69, 9.17) is 21.1 Å². The first-order chi connectivity index (χ1) is 14.5. The maximum atomic E-state index is 13.2. The second-order valence-corrected chi connectivity index (χ2v) is 8.03. The highest BCUT2D eigenvalue weighted by Gasteiger charge is 2.23. The van der Waals surface area contributed by atoms with Crippen LogP contribution in [0, 0.1) is 6.92 Å². The summed E-state index contributed by atoms with van der Waals surface area (Å²) >= 11 is 6.03. The number of hydrogen-bond acceptors (Lipinski definition) is 5. The van der Waals surface area contributed by atoms with Crippen LogP contribution >= 0.6 is 11.6 Å². The van der Waals surface area contributed by atoms with Crippen LogP contribution in [-0.4, -0.2) is 66.2 Å². The van der Waals surface area contributed by atoms with Crippen LogP contribution in [-0.2, 0) is 16.1 Å². The van der Waals surface area contributed by atoms with Crippen LogP contribution in [0.5, 0.6) is 5.75 Å². The number of halogens is 1. The van der Waals surface area contributed by atoms with Crippen LogP contribution in [0.1, 0.15) is 24.5 Å². The normalized spacial score (nSPS) is 15.6. The zero-order chi connectivity index (χ0) is 21.3. The fourth-order valence-electron chi connectivity index (χ4n) is 3.53. The van der Waals surface area contributed by atoms with Gasteiger partial charge in [-0.15, -0.1) is 0 Å². The molecule has 30 heavy (non-hydrogen) atoms. The number of hydrogen-bond donors (Lipinski definition) is 0. The van der Waals surface area contributed by atoms with Gasteiger partial charge >= 0.3 is 0 Å². The molecule has 0 saturated carbocycles. The number of morpholine rings is 1. The van der Waals surface area contributed by atoms with Crippen molar-refractivity contribution in [1.82, 2.24) is 14.8 Å². The molecule has 1 fully saturated rings. The third-order valence-electron chi connectivity index (χ3n) is 5.23. The molecule has 3 rings (SSSR count). The van der Waals surface area contributed by atoms with Crippen molar-refractivity contribution in [2.24, 2.45) is 0 Å². The molecular weight excluding hydrogens is 402 g/mol. The summed E-state index contributed by atoms with van der Waals surface area (Å²) in [5, 5.41) is 0.654. The molecule has 1 amide bonds. The third-order valence-corrected chi connectivity index (χ3v) is 5.46. The second kappa shape index (κ2) is 11.3. The summed E-state index contributed by atoms with van der Waals surface area (Å²) in [6.07, 6.45) is 3.82. The van der Waals surface area contributed by atoms with Crippen molar-refractivity contribution in [3.8, 4) is 5.75 Å². The minimum atomic E-state index is -0.588. The molecule has 0 bridgehead atoms. The first-order valence-electron chi connectivity index (χ1n) is 10.4. The molecular formula is C23H30ClN3O3. The number of pyridine rings is 1. The molecule has 1 saturated heterocycles. The molecule has 0 N–H and O–H groups in total. The molecule has 2 aromatic rings. The maximum Gasteiger partial charge on any atom is 0.263 e. The summed E-state index contributed by atoms with van der Waals surface area (Å²) in [7, 11) is 0. The quantitative estimate of drug-likeness (QED) is 0.607. The van der Waals surface area contributed by atoms with Crippen LogP contribution < -0.4 is 4.74 Å². The van der Waals surface area contributed by atoms with Crippen LogP contribution in [0.25, 0.3) is 0 Å². The highest BCUT2D eigenvalue weighted by Crippen LogP contribution is 2.23. The van der Waals surface area contributed by atoms with Crippen molar-refractivity contribution in [3.05, 3.63) is 58.9 Å². The van der Waals surface area contributed by atoms with E-state index in [1.165, 1.54) is 0 Å². The highest BCUT2D eigenvalue weighted by molar-refractivity contribution is 6.30. The van der Waals surface area contributed by atoms with Gasteiger partial charge in [-0.05, 0) is 61.7 Å². The van der Waals surface area contributed by atoms with Gasteiger partial charge in [0.05, 0.1) is 13.2 Å². The van der Waals surface area contributed by atoms with Gasteiger partial charge in [-0.1, -0.05) is 11.6 Å². The van der Waals surface area contributed by atoms with E-state index >= 15 is 0 Å². The van der Waals surface area contributed by atoms with E-state index in [1.807, 2.05) is 36.1 Å². The number of aromatic nitrogens is 1. The molecule has 6 nitrogen and oxygen atoms in total. The number of nitrogens with zero attached hydrogens (tertiary/aromatic N) is 3. The first kappa shape index (κ1) is 22.5. The third kappa shape index (κ3) is 6.69. The van der Waals surface area contributed by atoms with E-state index in [9.17, 15) is 4.79 Å². The van der Waals surface area contributed by atoms with Crippen LogP contribution in [0.3, 0.4) is 0 Å². The Morgan fingerprint density at radius 3 is 2.70 bits per heavy atom. The molecule has 1 aliphatic rings. The van der Waals surface area contributed by atoms with E-state index < -0.39 is 6.10 Å². The Labute approximate surface area is 183 Å². The lowest BCUT2D eigenvalue weighted by Crippen LogP contribution is -2.42. The summed E-state index contributed by atoms with van der Waals surface area (Å²) in [5.74, 6) is 0.653. The summed E-state index contributed by atoms with van der Waals surface area (Å²) in [5.41, 5.74) is 1.97. The van der Waals surface area contributed by atoms with Gasteiger partial charge in [0.2, 0.25) is 0 Å². The Kier molecular flexibility index (Phi) is 8.49. The molecule has 0 aliphatic carbocycles. The zero-order valence-corrected chi connectivity index (χ0v) is 18.5. The molecule has 0 radical (unpaired) electrons. The SMILES string of the molecule is Cc1cc(Cl)ccc1OC(C)C(=O)N(CCCN1CCOCC1)Cc1ccncc1. The van der Waals surface area contributed by atoms with Gasteiger partial charge in [-0.25, -0.2) is 0 Å². The van der Waals surface area contributed by atoms with Crippen molar-refractivity contribution in [2.75, 3.05) is 39.4 Å². The van der Waals surface area contributed by atoms with Crippen molar-refractivity contribution in [3.63, 3.8) is 0 Å². The van der Waals surface area contributed by atoms with E-state index in [0.29, 0.717) is 23.9 Å². The van der Waals surface area contributed by atoms with E-state index in [0.717, 1.165) is 50.4 Å². The number of benzene rings is 1. The van der Waals surface area contributed by atoms with E-state index in [1.54, 1.807) is 25.4 Å². The highest BCUT2D eigenvalue weighted by atomic mass is 35.5. The van der Waals surface area contributed by atoms with Gasteiger partial charge < -0.3 is 14.4 Å². The zero-order valence-electron chi connectivity index (χ0n) is 17.7. The average molecular weight is 432 g/mol. The monoisotopic (exact) mass is 431 g/mol. The standard InChI is InChI=1S/C23H30ClN3O3/c1-18-16-21(24)4-5-22(18)30-19(2)23(28)27(17-20-6-8-25-9-7-20)11-3-10-26-12-14-29-15-13-26/h4-9,16,19H,3,10-15,17H2,1-2H3. The molecule has 0 spiro atoms. The minimum absolute atomic E-state index is 0.0249. The van der Waals surface area contributed by atoms with Gasteiger partial charge in [0.15, 0.2) is 6.10 Å². The minimum Gasteiger partial charge on any atom is -0.481 e. The van der Waals surface area contributed by atoms with Gasteiger partial charge in [0, 0.05) is 50.1 Å². The molecule has 1 atom stereocenters. The lowest BCUT2D eigenvalue weighted by atomic mass is 10.2. The number of aryl methyl sites for hydroxylation is 1. The van der Waals surface area contributed by atoms with E-state index in [2.05, 4.69) is 9.88 Å². The molecule has 1 aromatic heterocycles. The number of rotatable bonds is 9. The molecule has 1 aromatic carbocycles. The lowest BCUT2D eigenvalue weighted by Gasteiger charge is -2.29. The van der Waals surface area contributed by atoms with Crippen LogP contribution in [0.2, 0.25) is 5.02 Å². The van der Waals surface area contributed by atoms with Crippen LogP contribution in [0.4, 0.5) is 0 Å². The van der Waals surface area contributed by atoms with Crippen LogP contribution in [0.15, 0.2) is 42.7 Å². The van der Waals surface area contributed by atoms with Gasteiger partial charge in [-0.3, -0.25) is 14.7 Å². The summed E-state index contributed by atoms with van der Waals surface area (Å²) < 4.78 is 11.4. The summed E-state index contributed by atoms with van der Waals surface area (Å²) in [4.78, 5) is 21.6. The largest absolute Gasteiger partial charge is 0.481 e. The Bertz CT molecular complexity index is 813. The Hall–Kier alpha value is -2.15. The fraction of sp³-hybridized carbons (Fsp3) is 0.478. The lowest BCUT2D eigenvalue weighted by molar-refractivity contribution is -0.138. The first-order valence-corrected chi connectivity index (χ1v) is 10.8. The van der Waals surface area contributed by atoms with Gasteiger partial charge in [-0.2, -0.15) is 0 Å². The van der Waals surface area contributed by atoms with Crippen molar-refractivity contribution < 1.29 is 14.3 Å². The topological polar surface area (TPSA) is 54.9 Å². The van der Waals surface area contributed by atoms with Crippen molar-refractivity contribution in [2.45, 2.75) is 32.9 Å². The molecule has 1 aliphatic heterocycles. The van der Waals surface area contributed by atoms with Gasteiger partial charge in [0.25, 0.3) is 5.91 Å². The maximum absolute atomic E-state index is 13.2. The number of amides is 1. The summed E-state index contributed by atoms with van der Waals surface area (Å²) in [6.45, 7) is 9.36. The fourth-order valence-corrected chi connectivity index (χ4v) is 3.76. The molecule has 2 heterocycles. The second-order valence-electron chi connectivity index (χ2n) is 7.59. The van der Waals surface area contributed by atoms with Crippen molar-refractivity contribution in [1.29, 1.82) is 0 Å². The summed E-state index contributed by atoms with van der Waals surface area (Å²) in [6, 6.07) is 9.31. The Balaban J connectivity index is 1.63. The number of ether oxygens (including phenoxy) is 2. The van der Waals surface area contributed by atoms with Gasteiger partial charge in [0.1, 0.15) is 5.75 Å². The molecule has 7 heteroatoms. The Morgan fingerprint density at radius 2 is 2.00 bits per heavy atom. The average Bonchev–Trinajstić information content (AvgIpc) is 2.76. The number of carbonyl (C=O) groups excluding carboxylic acids is 1. The van der Waals surface area contributed by atoms with Crippen molar-refractivity contribution >= 4 is 17.5 Å². The number of carbonyl (C=O) groups is 1. The molecule has 1 unspecified atom stereocenters.